The monoisotopic (exact) mass is 425 g/mol. The van der Waals surface area contributed by atoms with Gasteiger partial charge in [0.2, 0.25) is 11.8 Å². The lowest BCUT2D eigenvalue weighted by atomic mass is 10.1. The van der Waals surface area contributed by atoms with Crippen LogP contribution < -0.4 is 16.0 Å². The van der Waals surface area contributed by atoms with Crippen molar-refractivity contribution in [2.75, 3.05) is 10.6 Å². The molecule has 0 bridgehead atoms. The molecule has 5 nitrogen and oxygen atoms in total. The largest absolute Gasteiger partial charge is 0.332 e. The number of rotatable bonds is 11. The summed E-state index contributed by atoms with van der Waals surface area (Å²) in [6, 6.07) is 17.2. The van der Waals surface area contributed by atoms with Crippen molar-refractivity contribution in [1.29, 1.82) is 0 Å². The van der Waals surface area contributed by atoms with Gasteiger partial charge in [-0.25, -0.2) is 0 Å². The Morgan fingerprint density at radius 1 is 0.767 bits per heavy atom. The second-order valence-electron chi connectivity index (χ2n) is 7.28. The van der Waals surface area contributed by atoms with E-state index in [4.69, 9.17) is 12.2 Å². The summed E-state index contributed by atoms with van der Waals surface area (Å²) >= 11 is 5.20. The molecule has 0 aromatic heterocycles. The zero-order valence-corrected chi connectivity index (χ0v) is 18.4. The number of carbonyl (C=O) groups is 2. The summed E-state index contributed by atoms with van der Waals surface area (Å²) in [5.41, 5.74) is 2.62. The molecule has 160 valence electrons. The summed E-state index contributed by atoms with van der Waals surface area (Å²) in [6.07, 6.45) is 7.15. The Morgan fingerprint density at radius 2 is 1.40 bits per heavy atom. The van der Waals surface area contributed by atoms with Gasteiger partial charge in [0.15, 0.2) is 5.11 Å². The summed E-state index contributed by atoms with van der Waals surface area (Å²) in [5.74, 6) is -0.0902. The summed E-state index contributed by atoms with van der Waals surface area (Å²) in [5, 5.41) is 8.89. The molecule has 6 heteroatoms. The van der Waals surface area contributed by atoms with Gasteiger partial charge < -0.3 is 16.0 Å². The lowest BCUT2D eigenvalue weighted by molar-refractivity contribution is -0.119. The number of thiocarbonyl (C=S) groups is 1. The molecule has 0 saturated heterocycles. The van der Waals surface area contributed by atoms with Gasteiger partial charge in [0.05, 0.1) is 0 Å². The summed E-state index contributed by atoms with van der Waals surface area (Å²) in [7, 11) is 0. The van der Waals surface area contributed by atoms with Gasteiger partial charge in [0, 0.05) is 24.2 Å². The van der Waals surface area contributed by atoms with Crippen molar-refractivity contribution in [1.82, 2.24) is 5.32 Å². The van der Waals surface area contributed by atoms with E-state index in [1.165, 1.54) is 19.3 Å². The maximum atomic E-state index is 12.1. The molecule has 0 spiro atoms. The quantitative estimate of drug-likeness (QED) is 0.332. The zero-order valence-electron chi connectivity index (χ0n) is 17.6. The highest BCUT2D eigenvalue weighted by molar-refractivity contribution is 7.80. The Kier molecular flexibility index (Phi) is 10.6. The normalized spacial score (nSPS) is 10.3. The number of aryl methyl sites for hydroxylation is 1. The minimum absolute atomic E-state index is 0.0266. The number of amides is 2. The fourth-order valence-electron chi connectivity index (χ4n) is 3.00. The molecule has 0 fully saturated rings. The molecule has 0 unspecified atom stereocenters. The second kappa shape index (κ2) is 13.5. The van der Waals surface area contributed by atoms with Crippen LogP contribution >= 0.6 is 12.2 Å². The van der Waals surface area contributed by atoms with Crippen LogP contribution in [0.3, 0.4) is 0 Å². The number of benzene rings is 2. The van der Waals surface area contributed by atoms with Crippen molar-refractivity contribution >= 4 is 40.5 Å². The average Bonchev–Trinajstić information content (AvgIpc) is 2.74. The lowest BCUT2D eigenvalue weighted by Crippen LogP contribution is -2.33. The third kappa shape index (κ3) is 9.65. The highest BCUT2D eigenvalue weighted by Gasteiger charge is 2.06. The van der Waals surface area contributed by atoms with E-state index in [0.717, 1.165) is 29.8 Å². The van der Waals surface area contributed by atoms with E-state index >= 15 is 0 Å². The number of anilines is 2. The van der Waals surface area contributed by atoms with Gasteiger partial charge in [-0.05, 0) is 54.9 Å². The van der Waals surface area contributed by atoms with Gasteiger partial charge in [0.1, 0.15) is 0 Å². The molecule has 0 heterocycles. The number of hydrogen-bond acceptors (Lipinski definition) is 3. The van der Waals surface area contributed by atoms with Crippen molar-refractivity contribution < 1.29 is 9.59 Å². The summed E-state index contributed by atoms with van der Waals surface area (Å²) in [4.78, 5) is 24.0. The summed E-state index contributed by atoms with van der Waals surface area (Å²) < 4.78 is 0. The molecule has 0 saturated carbocycles. The van der Waals surface area contributed by atoms with Crippen molar-refractivity contribution in [2.45, 2.75) is 58.3 Å². The molecule has 2 aromatic carbocycles. The van der Waals surface area contributed by atoms with Crippen LogP contribution in [-0.4, -0.2) is 16.9 Å². The summed E-state index contributed by atoms with van der Waals surface area (Å²) in [6.45, 7) is 2.17. The minimum atomic E-state index is -0.0636. The lowest BCUT2D eigenvalue weighted by Gasteiger charge is -2.11. The maximum Gasteiger partial charge on any atom is 0.226 e. The third-order valence-corrected chi connectivity index (χ3v) is 4.87. The third-order valence-electron chi connectivity index (χ3n) is 4.67. The Morgan fingerprint density at radius 3 is 2.07 bits per heavy atom. The van der Waals surface area contributed by atoms with E-state index in [9.17, 15) is 9.59 Å². The van der Waals surface area contributed by atoms with Crippen LogP contribution in [0.1, 0.15) is 57.4 Å². The number of nitrogens with one attached hydrogen (secondary N) is 3. The number of carbonyl (C=O) groups excluding carboxylic acids is 2. The average molecular weight is 426 g/mol. The highest BCUT2D eigenvalue weighted by atomic mass is 32.1. The molecule has 30 heavy (non-hydrogen) atoms. The molecular formula is C24H31N3O2S. The second-order valence-corrected chi connectivity index (χ2v) is 7.69. The van der Waals surface area contributed by atoms with Gasteiger partial charge in [-0.2, -0.15) is 0 Å². The van der Waals surface area contributed by atoms with Crippen molar-refractivity contribution in [2.24, 2.45) is 0 Å². The van der Waals surface area contributed by atoms with E-state index in [0.29, 0.717) is 19.3 Å². The molecule has 0 radical (unpaired) electrons. The topological polar surface area (TPSA) is 70.2 Å². The van der Waals surface area contributed by atoms with Crippen LogP contribution in [0.5, 0.6) is 0 Å². The fourth-order valence-corrected chi connectivity index (χ4v) is 3.24. The van der Waals surface area contributed by atoms with E-state index in [-0.39, 0.29) is 16.9 Å². The molecule has 3 N–H and O–H groups in total. The van der Waals surface area contributed by atoms with E-state index in [2.05, 4.69) is 22.9 Å². The SMILES string of the molecule is CCCCCCCC(=O)NC(=S)Nc1ccc(NC(=O)CCc2ccccc2)cc1. The molecule has 0 aliphatic heterocycles. The molecular weight excluding hydrogens is 394 g/mol. The van der Waals surface area contributed by atoms with Crippen LogP contribution in [0.25, 0.3) is 0 Å². The number of hydrogen-bond donors (Lipinski definition) is 3. The molecule has 2 amide bonds. The predicted molar refractivity (Wildman–Crippen MR) is 128 cm³/mol. The first-order valence-electron chi connectivity index (χ1n) is 10.6. The van der Waals surface area contributed by atoms with Crippen molar-refractivity contribution in [3.05, 3.63) is 60.2 Å². The first-order chi connectivity index (χ1) is 14.6. The van der Waals surface area contributed by atoms with Gasteiger partial charge >= 0.3 is 0 Å². The number of unbranched alkanes of at least 4 members (excludes halogenated alkanes) is 4. The first-order valence-corrected chi connectivity index (χ1v) is 11.0. The molecule has 0 aliphatic rings. The first kappa shape index (κ1) is 23.5. The van der Waals surface area contributed by atoms with Crippen LogP contribution in [0, 0.1) is 0 Å². The van der Waals surface area contributed by atoms with Crippen LogP contribution in [0.2, 0.25) is 0 Å². The molecule has 2 aromatic rings. The van der Waals surface area contributed by atoms with E-state index in [1.807, 2.05) is 42.5 Å². The Labute approximate surface area is 184 Å². The molecule has 2 rings (SSSR count). The zero-order chi connectivity index (χ0) is 21.6. The van der Waals surface area contributed by atoms with Crippen LogP contribution in [0.4, 0.5) is 11.4 Å². The predicted octanol–water partition coefficient (Wildman–Crippen LogP) is 5.43. The van der Waals surface area contributed by atoms with Crippen molar-refractivity contribution in [3.8, 4) is 0 Å². The highest BCUT2D eigenvalue weighted by Crippen LogP contribution is 2.14. The standard InChI is InChI=1S/C24H31N3O2S/c1-2-3-4-5-9-12-22(28)27-24(30)26-21-16-14-20(15-17-21)25-23(29)18-13-19-10-7-6-8-11-19/h6-8,10-11,14-17H,2-5,9,12-13,18H2,1H3,(H,25,29)(H2,26,27,28,30). The molecule has 0 atom stereocenters. The van der Waals surface area contributed by atoms with E-state index < -0.39 is 0 Å². The molecule has 0 aliphatic carbocycles. The Bertz CT molecular complexity index is 807. The Hall–Kier alpha value is -2.73. The Balaban J connectivity index is 1.68. The van der Waals surface area contributed by atoms with Crippen molar-refractivity contribution in [3.63, 3.8) is 0 Å². The van der Waals surface area contributed by atoms with E-state index in [1.54, 1.807) is 12.1 Å². The smallest absolute Gasteiger partial charge is 0.226 e. The maximum absolute atomic E-state index is 12.1. The van der Waals surface area contributed by atoms with Gasteiger partial charge in [-0.3, -0.25) is 9.59 Å². The van der Waals surface area contributed by atoms with Gasteiger partial charge in [0.25, 0.3) is 0 Å². The van der Waals surface area contributed by atoms with Gasteiger partial charge in [-0.1, -0.05) is 62.9 Å². The van der Waals surface area contributed by atoms with Crippen LogP contribution in [-0.2, 0) is 16.0 Å². The van der Waals surface area contributed by atoms with Crippen LogP contribution in [0.15, 0.2) is 54.6 Å². The fraction of sp³-hybridized carbons (Fsp3) is 0.375. The van der Waals surface area contributed by atoms with Gasteiger partial charge in [-0.15, -0.1) is 0 Å². The minimum Gasteiger partial charge on any atom is -0.332 e.